The molecule has 5 nitrogen and oxygen atoms in total. The first-order valence-corrected chi connectivity index (χ1v) is 8.00. The fraction of sp³-hybridized carbons (Fsp3) is 0.316. The van der Waals surface area contributed by atoms with Gasteiger partial charge in [0.25, 0.3) is 5.56 Å². The standard InChI is InChI=1S/C19H20FN3O2/c1-11-16(13(3)23-19(25)17(11)10-21)8-9-18(24)22-12(2)14-4-6-15(20)7-5-14/h4-7,12H,8-9H2,1-3H3,(H,22,24)(H,23,25)/t12-/m0/s1. The average molecular weight is 341 g/mol. The van der Waals surface area contributed by atoms with Gasteiger partial charge in [-0.3, -0.25) is 9.59 Å². The number of nitriles is 1. The molecule has 0 unspecified atom stereocenters. The smallest absolute Gasteiger partial charge is 0.266 e. The number of rotatable bonds is 5. The highest BCUT2D eigenvalue weighted by Crippen LogP contribution is 2.16. The van der Waals surface area contributed by atoms with E-state index in [-0.39, 0.29) is 29.8 Å². The quantitative estimate of drug-likeness (QED) is 0.877. The number of nitrogens with one attached hydrogen (secondary N) is 2. The minimum atomic E-state index is -0.407. The first-order chi connectivity index (χ1) is 11.8. The third kappa shape index (κ3) is 4.32. The van der Waals surface area contributed by atoms with Crippen molar-refractivity contribution in [3.63, 3.8) is 0 Å². The second-order valence-corrected chi connectivity index (χ2v) is 6.01. The van der Waals surface area contributed by atoms with Gasteiger partial charge in [-0.05, 0) is 56.0 Å². The number of benzene rings is 1. The zero-order valence-corrected chi connectivity index (χ0v) is 14.4. The van der Waals surface area contributed by atoms with Gasteiger partial charge in [0.2, 0.25) is 5.91 Å². The van der Waals surface area contributed by atoms with Crippen molar-refractivity contribution in [1.29, 1.82) is 5.26 Å². The van der Waals surface area contributed by atoms with Crippen molar-refractivity contribution in [1.82, 2.24) is 10.3 Å². The topological polar surface area (TPSA) is 85.8 Å². The molecule has 25 heavy (non-hydrogen) atoms. The maximum Gasteiger partial charge on any atom is 0.266 e. The van der Waals surface area contributed by atoms with Gasteiger partial charge < -0.3 is 10.3 Å². The predicted molar refractivity (Wildman–Crippen MR) is 92.5 cm³/mol. The third-order valence-corrected chi connectivity index (χ3v) is 4.27. The SMILES string of the molecule is Cc1[nH]c(=O)c(C#N)c(C)c1CCC(=O)N[C@@H](C)c1ccc(F)cc1. The Morgan fingerprint density at radius 2 is 1.96 bits per heavy atom. The summed E-state index contributed by atoms with van der Waals surface area (Å²) in [5.41, 5.74) is 2.58. The molecule has 0 radical (unpaired) electrons. The summed E-state index contributed by atoms with van der Waals surface area (Å²) in [5.74, 6) is -0.472. The number of nitrogens with zero attached hydrogens (tertiary/aromatic N) is 1. The van der Waals surface area contributed by atoms with Gasteiger partial charge in [-0.25, -0.2) is 4.39 Å². The molecule has 0 aliphatic carbocycles. The van der Waals surface area contributed by atoms with Crippen LogP contribution < -0.4 is 10.9 Å². The van der Waals surface area contributed by atoms with E-state index in [1.807, 2.05) is 13.0 Å². The van der Waals surface area contributed by atoms with E-state index in [0.717, 1.165) is 11.1 Å². The molecule has 1 aromatic heterocycles. The van der Waals surface area contributed by atoms with Crippen LogP contribution in [0.2, 0.25) is 0 Å². The van der Waals surface area contributed by atoms with E-state index in [4.69, 9.17) is 5.26 Å². The highest BCUT2D eigenvalue weighted by molar-refractivity contribution is 5.76. The molecule has 0 bridgehead atoms. The maximum atomic E-state index is 13.0. The van der Waals surface area contributed by atoms with Gasteiger partial charge in [0.15, 0.2) is 0 Å². The fourth-order valence-corrected chi connectivity index (χ4v) is 2.81. The maximum absolute atomic E-state index is 13.0. The van der Waals surface area contributed by atoms with Crippen LogP contribution in [0, 0.1) is 31.0 Å². The molecule has 1 atom stereocenters. The van der Waals surface area contributed by atoms with Crippen LogP contribution in [0.4, 0.5) is 4.39 Å². The predicted octanol–water partition coefficient (Wildman–Crippen LogP) is 2.81. The van der Waals surface area contributed by atoms with E-state index in [1.165, 1.54) is 12.1 Å². The first-order valence-electron chi connectivity index (χ1n) is 8.00. The van der Waals surface area contributed by atoms with E-state index >= 15 is 0 Å². The fourth-order valence-electron chi connectivity index (χ4n) is 2.81. The summed E-state index contributed by atoms with van der Waals surface area (Å²) in [6.07, 6.45) is 0.648. The number of aryl methyl sites for hydroxylation is 1. The number of aromatic nitrogens is 1. The lowest BCUT2D eigenvalue weighted by molar-refractivity contribution is -0.121. The van der Waals surface area contributed by atoms with Gasteiger partial charge in [-0.1, -0.05) is 12.1 Å². The minimum Gasteiger partial charge on any atom is -0.350 e. The summed E-state index contributed by atoms with van der Waals surface area (Å²) in [4.78, 5) is 26.6. The third-order valence-electron chi connectivity index (χ3n) is 4.27. The Morgan fingerprint density at radius 3 is 2.56 bits per heavy atom. The van der Waals surface area contributed by atoms with E-state index in [2.05, 4.69) is 10.3 Å². The Hall–Kier alpha value is -2.94. The molecule has 2 aromatic rings. The van der Waals surface area contributed by atoms with Gasteiger partial charge in [-0.2, -0.15) is 5.26 Å². The summed E-state index contributed by atoms with van der Waals surface area (Å²) in [6.45, 7) is 5.30. The average Bonchev–Trinajstić information content (AvgIpc) is 2.55. The van der Waals surface area contributed by atoms with Crippen LogP contribution in [0.3, 0.4) is 0 Å². The number of amides is 1. The van der Waals surface area contributed by atoms with Gasteiger partial charge in [0, 0.05) is 12.1 Å². The molecule has 0 saturated carbocycles. The van der Waals surface area contributed by atoms with Crippen molar-refractivity contribution in [2.75, 3.05) is 0 Å². The van der Waals surface area contributed by atoms with Crippen LogP contribution in [0.1, 0.15) is 47.3 Å². The van der Waals surface area contributed by atoms with Crippen molar-refractivity contribution >= 4 is 5.91 Å². The molecular formula is C19H20FN3O2. The summed E-state index contributed by atoms with van der Waals surface area (Å²) >= 11 is 0. The number of aromatic amines is 1. The summed E-state index contributed by atoms with van der Waals surface area (Å²) < 4.78 is 13.0. The number of pyridine rings is 1. The molecule has 0 aliphatic heterocycles. The number of hydrogen-bond donors (Lipinski definition) is 2. The van der Waals surface area contributed by atoms with Crippen LogP contribution in [-0.4, -0.2) is 10.9 Å². The molecule has 1 heterocycles. The lowest BCUT2D eigenvalue weighted by atomic mass is 9.99. The zero-order valence-electron chi connectivity index (χ0n) is 14.4. The van der Waals surface area contributed by atoms with Crippen LogP contribution in [0.15, 0.2) is 29.1 Å². The second kappa shape index (κ2) is 7.75. The van der Waals surface area contributed by atoms with E-state index in [1.54, 1.807) is 26.0 Å². The Morgan fingerprint density at radius 1 is 1.32 bits per heavy atom. The molecule has 130 valence electrons. The summed E-state index contributed by atoms with van der Waals surface area (Å²) in [7, 11) is 0. The minimum absolute atomic E-state index is 0.0840. The highest BCUT2D eigenvalue weighted by Gasteiger charge is 2.14. The molecule has 1 amide bonds. The van der Waals surface area contributed by atoms with Gasteiger partial charge >= 0.3 is 0 Å². The largest absolute Gasteiger partial charge is 0.350 e. The van der Waals surface area contributed by atoms with E-state index in [9.17, 15) is 14.0 Å². The van der Waals surface area contributed by atoms with Gasteiger partial charge in [0.05, 0.1) is 6.04 Å². The molecule has 0 aliphatic rings. The van der Waals surface area contributed by atoms with E-state index in [0.29, 0.717) is 17.7 Å². The molecule has 1 aromatic carbocycles. The van der Waals surface area contributed by atoms with Crippen LogP contribution in [0.5, 0.6) is 0 Å². The van der Waals surface area contributed by atoms with Crippen molar-refractivity contribution < 1.29 is 9.18 Å². The molecule has 0 spiro atoms. The first kappa shape index (κ1) is 18.4. The molecule has 2 N–H and O–H groups in total. The molecule has 2 rings (SSSR count). The van der Waals surface area contributed by atoms with Crippen molar-refractivity contribution in [3.8, 4) is 6.07 Å². The molecule has 0 saturated heterocycles. The lowest BCUT2D eigenvalue weighted by Crippen LogP contribution is -2.27. The lowest BCUT2D eigenvalue weighted by Gasteiger charge is -2.15. The van der Waals surface area contributed by atoms with Crippen molar-refractivity contribution in [2.45, 2.75) is 39.7 Å². The van der Waals surface area contributed by atoms with Crippen molar-refractivity contribution in [2.24, 2.45) is 0 Å². The van der Waals surface area contributed by atoms with Gasteiger partial charge in [0.1, 0.15) is 17.4 Å². The number of carbonyl (C=O) groups is 1. The number of hydrogen-bond acceptors (Lipinski definition) is 3. The summed E-state index contributed by atoms with van der Waals surface area (Å²) in [5, 5.41) is 11.9. The number of halogens is 1. The Labute approximate surface area is 145 Å². The molecule has 0 fully saturated rings. The van der Waals surface area contributed by atoms with Crippen LogP contribution in [-0.2, 0) is 11.2 Å². The van der Waals surface area contributed by atoms with Crippen LogP contribution in [0.25, 0.3) is 0 Å². The van der Waals surface area contributed by atoms with E-state index < -0.39 is 5.56 Å². The molecule has 6 heteroatoms. The Balaban J connectivity index is 2.04. The zero-order chi connectivity index (χ0) is 18.6. The van der Waals surface area contributed by atoms with Crippen LogP contribution >= 0.6 is 0 Å². The van der Waals surface area contributed by atoms with Crippen molar-refractivity contribution in [3.05, 3.63) is 68.4 Å². The summed E-state index contributed by atoms with van der Waals surface area (Å²) in [6, 6.07) is 7.65. The molecular weight excluding hydrogens is 321 g/mol. The highest BCUT2D eigenvalue weighted by atomic mass is 19.1. The Bertz CT molecular complexity index is 879. The Kier molecular flexibility index (Phi) is 5.71. The number of H-pyrrole nitrogens is 1. The monoisotopic (exact) mass is 341 g/mol. The normalized spacial score (nSPS) is 11.6. The second-order valence-electron chi connectivity index (χ2n) is 6.01. The van der Waals surface area contributed by atoms with Gasteiger partial charge in [-0.15, -0.1) is 0 Å². The number of carbonyl (C=O) groups excluding carboxylic acids is 1.